The number of carbonyl (C=O) groups is 1. The first-order valence-corrected chi connectivity index (χ1v) is 9.88. The number of halogens is 4. The fourth-order valence-corrected chi connectivity index (χ4v) is 3.85. The van der Waals surface area contributed by atoms with Gasteiger partial charge >= 0.3 is 12.1 Å². The van der Waals surface area contributed by atoms with E-state index in [0.29, 0.717) is 12.2 Å². The number of carbonyl (C=O) groups excluding carboxylic acids is 1. The summed E-state index contributed by atoms with van der Waals surface area (Å²) in [5.41, 5.74) is 0.662. The fourth-order valence-electron chi connectivity index (χ4n) is 3.46. The van der Waals surface area contributed by atoms with Crippen molar-refractivity contribution in [2.75, 3.05) is 13.7 Å². The Hall–Kier alpha value is -2.77. The van der Waals surface area contributed by atoms with Crippen LogP contribution in [0.25, 0.3) is 11.3 Å². The summed E-state index contributed by atoms with van der Waals surface area (Å²) in [5, 5.41) is 0.0136. The lowest BCUT2D eigenvalue weighted by Gasteiger charge is -2.17. The Balaban J connectivity index is 2.00. The van der Waals surface area contributed by atoms with Crippen molar-refractivity contribution >= 4 is 17.6 Å². The van der Waals surface area contributed by atoms with Crippen LogP contribution in [0.1, 0.15) is 27.0 Å². The number of benzene rings is 2. The Morgan fingerprint density at radius 1 is 1.06 bits per heavy atom. The Bertz CT molecular complexity index is 1060. The van der Waals surface area contributed by atoms with Gasteiger partial charge in [-0.3, -0.25) is 0 Å². The molecule has 0 aliphatic rings. The molecular weight excluding hydrogens is 431 g/mol. The average molecular weight is 452 g/mol. The molecule has 31 heavy (non-hydrogen) atoms. The summed E-state index contributed by atoms with van der Waals surface area (Å²) < 4.78 is 52.9. The van der Waals surface area contributed by atoms with E-state index in [1.807, 2.05) is 30.3 Å². The number of nitrogens with zero attached hydrogens (tertiary/aromatic N) is 1. The van der Waals surface area contributed by atoms with Crippen LogP contribution >= 0.6 is 11.6 Å². The molecule has 0 amide bonds. The maximum Gasteiger partial charge on any atom is 0.417 e. The lowest BCUT2D eigenvalue weighted by atomic mass is 10.00. The van der Waals surface area contributed by atoms with Crippen molar-refractivity contribution in [3.05, 3.63) is 82.0 Å². The highest BCUT2D eigenvalue weighted by Gasteiger charge is 2.36. The highest BCUT2D eigenvalue weighted by atomic mass is 35.5. The highest BCUT2D eigenvalue weighted by Crippen LogP contribution is 2.41. The molecule has 0 N–H and O–H groups in total. The van der Waals surface area contributed by atoms with Gasteiger partial charge in [0.05, 0.1) is 31.6 Å². The number of alkyl halides is 3. The maximum atomic E-state index is 13.7. The first-order valence-electron chi connectivity index (χ1n) is 9.50. The van der Waals surface area contributed by atoms with Gasteiger partial charge in [0.25, 0.3) is 0 Å². The number of ether oxygens (including phenoxy) is 2. The van der Waals surface area contributed by atoms with E-state index in [9.17, 15) is 18.0 Å². The Labute approximate surface area is 183 Å². The van der Waals surface area contributed by atoms with Crippen LogP contribution in [0.5, 0.6) is 0 Å². The molecule has 0 aliphatic heterocycles. The summed E-state index contributed by atoms with van der Waals surface area (Å²) in [7, 11) is 1.20. The minimum Gasteiger partial charge on any atom is -0.465 e. The van der Waals surface area contributed by atoms with Crippen molar-refractivity contribution in [3.8, 4) is 11.3 Å². The Morgan fingerprint density at radius 3 is 2.35 bits per heavy atom. The zero-order chi connectivity index (χ0) is 22.6. The van der Waals surface area contributed by atoms with Gasteiger partial charge < -0.3 is 14.0 Å². The van der Waals surface area contributed by atoms with Crippen LogP contribution in [-0.4, -0.2) is 24.3 Å². The second-order valence-electron chi connectivity index (χ2n) is 6.86. The van der Waals surface area contributed by atoms with Crippen LogP contribution < -0.4 is 0 Å². The zero-order valence-corrected chi connectivity index (χ0v) is 17.8. The van der Waals surface area contributed by atoms with E-state index in [2.05, 4.69) is 0 Å². The molecule has 0 bridgehead atoms. The SMILES string of the molecule is COC(=O)c1c(C)c(-c2ccccc2C(F)(F)F)n(CCOCc2ccccc2)c1Cl. The number of hydrogen-bond acceptors (Lipinski definition) is 3. The summed E-state index contributed by atoms with van der Waals surface area (Å²) >= 11 is 6.45. The predicted molar refractivity (Wildman–Crippen MR) is 112 cm³/mol. The summed E-state index contributed by atoms with van der Waals surface area (Å²) in [6, 6.07) is 14.7. The molecule has 0 spiro atoms. The number of esters is 1. The lowest BCUT2D eigenvalue weighted by molar-refractivity contribution is -0.137. The van der Waals surface area contributed by atoms with E-state index >= 15 is 0 Å². The molecule has 2 aromatic carbocycles. The van der Waals surface area contributed by atoms with E-state index < -0.39 is 17.7 Å². The first kappa shape index (κ1) is 22.9. The summed E-state index contributed by atoms with van der Waals surface area (Å²) in [4.78, 5) is 12.3. The van der Waals surface area contributed by atoms with E-state index in [-0.39, 0.29) is 35.1 Å². The fraction of sp³-hybridized carbons (Fsp3) is 0.261. The maximum absolute atomic E-state index is 13.7. The van der Waals surface area contributed by atoms with E-state index in [4.69, 9.17) is 21.1 Å². The third kappa shape index (κ3) is 4.94. The van der Waals surface area contributed by atoms with Gasteiger partial charge in [-0.25, -0.2) is 4.79 Å². The van der Waals surface area contributed by atoms with Crippen molar-refractivity contribution in [1.82, 2.24) is 4.57 Å². The second-order valence-corrected chi connectivity index (χ2v) is 7.22. The Morgan fingerprint density at radius 2 is 1.71 bits per heavy atom. The molecule has 3 rings (SSSR count). The highest BCUT2D eigenvalue weighted by molar-refractivity contribution is 6.33. The zero-order valence-electron chi connectivity index (χ0n) is 17.0. The molecular formula is C23H21ClF3NO3. The molecule has 1 heterocycles. The summed E-state index contributed by atoms with van der Waals surface area (Å²) in [6.45, 7) is 2.24. The lowest BCUT2D eigenvalue weighted by Crippen LogP contribution is -2.11. The molecule has 0 radical (unpaired) electrons. The molecule has 3 aromatic rings. The predicted octanol–water partition coefficient (Wildman–Crippen LogP) is 6.14. The summed E-state index contributed by atoms with van der Waals surface area (Å²) in [5.74, 6) is -0.711. The molecule has 0 fully saturated rings. The van der Waals surface area contributed by atoms with Gasteiger partial charge in [0.15, 0.2) is 0 Å². The molecule has 4 nitrogen and oxygen atoms in total. The third-order valence-corrected chi connectivity index (χ3v) is 5.28. The molecule has 164 valence electrons. The molecule has 0 atom stereocenters. The largest absolute Gasteiger partial charge is 0.465 e. The van der Waals surface area contributed by atoms with Crippen LogP contribution in [0.4, 0.5) is 13.2 Å². The molecule has 0 aliphatic carbocycles. The summed E-state index contributed by atoms with van der Waals surface area (Å²) in [6.07, 6.45) is -4.57. The molecule has 1 aromatic heterocycles. The number of rotatable bonds is 7. The first-order chi connectivity index (χ1) is 14.8. The van der Waals surface area contributed by atoms with Crippen molar-refractivity contribution in [3.63, 3.8) is 0 Å². The normalized spacial score (nSPS) is 11.5. The minimum atomic E-state index is -4.57. The standard InChI is InChI=1S/C23H21ClF3NO3/c1-15-19(22(29)30-2)21(24)28(12-13-31-14-16-8-4-3-5-9-16)20(15)17-10-6-7-11-18(17)23(25,26)27/h3-11H,12-14H2,1-2H3. The van der Waals surface area contributed by atoms with Gasteiger partial charge in [0.1, 0.15) is 10.7 Å². The average Bonchev–Trinajstić information content (AvgIpc) is 3.00. The molecule has 8 heteroatoms. The smallest absolute Gasteiger partial charge is 0.417 e. The molecule has 0 saturated carbocycles. The van der Waals surface area contributed by atoms with Gasteiger partial charge in [0.2, 0.25) is 0 Å². The number of hydrogen-bond donors (Lipinski definition) is 0. The van der Waals surface area contributed by atoms with E-state index in [1.165, 1.54) is 29.9 Å². The van der Waals surface area contributed by atoms with Crippen LogP contribution in [0.2, 0.25) is 5.15 Å². The topological polar surface area (TPSA) is 40.5 Å². The van der Waals surface area contributed by atoms with E-state index in [0.717, 1.165) is 11.6 Å². The van der Waals surface area contributed by atoms with Crippen LogP contribution in [0, 0.1) is 6.92 Å². The van der Waals surface area contributed by atoms with Gasteiger partial charge in [-0.05, 0) is 24.1 Å². The van der Waals surface area contributed by atoms with Crippen LogP contribution in [0.3, 0.4) is 0 Å². The van der Waals surface area contributed by atoms with E-state index in [1.54, 1.807) is 6.92 Å². The molecule has 0 unspecified atom stereocenters. The third-order valence-electron chi connectivity index (χ3n) is 4.89. The van der Waals surface area contributed by atoms with Gasteiger partial charge in [-0.1, -0.05) is 60.1 Å². The van der Waals surface area contributed by atoms with Gasteiger partial charge in [0, 0.05) is 12.1 Å². The van der Waals surface area contributed by atoms with Crippen LogP contribution in [-0.2, 0) is 28.8 Å². The van der Waals surface area contributed by atoms with Gasteiger partial charge in [-0.15, -0.1) is 0 Å². The number of aromatic nitrogens is 1. The van der Waals surface area contributed by atoms with Gasteiger partial charge in [-0.2, -0.15) is 13.2 Å². The molecule has 0 saturated heterocycles. The second kappa shape index (κ2) is 9.58. The monoisotopic (exact) mass is 451 g/mol. The quantitative estimate of drug-likeness (QED) is 0.320. The number of methoxy groups -OCH3 is 1. The van der Waals surface area contributed by atoms with Crippen molar-refractivity contribution in [2.24, 2.45) is 0 Å². The van der Waals surface area contributed by atoms with Crippen molar-refractivity contribution in [1.29, 1.82) is 0 Å². The van der Waals surface area contributed by atoms with Crippen molar-refractivity contribution in [2.45, 2.75) is 26.3 Å². The Kier molecular flexibility index (Phi) is 7.08. The van der Waals surface area contributed by atoms with Crippen molar-refractivity contribution < 1.29 is 27.4 Å². The van der Waals surface area contributed by atoms with Crippen LogP contribution in [0.15, 0.2) is 54.6 Å². The minimum absolute atomic E-state index is 0.0136.